The van der Waals surface area contributed by atoms with E-state index in [1.54, 1.807) is 152 Å². The predicted molar refractivity (Wildman–Crippen MR) is 178 cm³/mol. The van der Waals surface area contributed by atoms with E-state index in [2.05, 4.69) is 0 Å². The molecule has 5 aromatic carbocycles. The van der Waals surface area contributed by atoms with Crippen LogP contribution in [0.3, 0.4) is 0 Å². The van der Waals surface area contributed by atoms with Crippen molar-refractivity contribution in [3.05, 3.63) is 185 Å². The van der Waals surface area contributed by atoms with E-state index >= 15 is 4.79 Å². The quantitative estimate of drug-likeness (QED) is 0.154. The van der Waals surface area contributed by atoms with Crippen LogP contribution in [-0.2, 0) is 34.7 Å². The average Bonchev–Trinajstić information content (AvgIpc) is 3.65. The third-order valence-corrected chi connectivity index (χ3v) is 9.76. The Morgan fingerprint density at radius 1 is 0.469 bits per heavy atom. The van der Waals surface area contributed by atoms with E-state index in [1.807, 2.05) is 0 Å². The van der Waals surface area contributed by atoms with Crippen molar-refractivity contribution >= 4 is 35.2 Å². The zero-order valence-electron chi connectivity index (χ0n) is 25.9. The van der Waals surface area contributed by atoms with E-state index in [-0.39, 0.29) is 22.6 Å². The second kappa shape index (κ2) is 11.4. The average molecular weight is 646 g/mol. The van der Waals surface area contributed by atoms with Crippen LogP contribution in [0.25, 0.3) is 0 Å². The molecule has 1 saturated carbocycles. The molecule has 4 atom stereocenters. The van der Waals surface area contributed by atoms with Crippen molar-refractivity contribution in [1.82, 2.24) is 0 Å². The molecule has 8 nitrogen and oxygen atoms in total. The highest BCUT2D eigenvalue weighted by Gasteiger charge is 2.85. The molecule has 0 aromatic heterocycles. The van der Waals surface area contributed by atoms with Gasteiger partial charge in [-0.3, -0.25) is 14.4 Å². The number of nitrogens with zero attached hydrogens (tertiary/aromatic N) is 1. The topological polar surface area (TPSA) is 107 Å². The highest BCUT2D eigenvalue weighted by molar-refractivity contribution is 6.31. The number of carbonyl (C=O) groups is 5. The first-order chi connectivity index (χ1) is 23.9. The van der Waals surface area contributed by atoms with Crippen molar-refractivity contribution in [2.24, 2.45) is 11.8 Å². The minimum atomic E-state index is -2.02. The van der Waals surface area contributed by atoms with Crippen molar-refractivity contribution in [2.75, 3.05) is 4.90 Å². The number of fused-ring (bicyclic) bond motifs is 5. The summed E-state index contributed by atoms with van der Waals surface area (Å²) in [5.41, 5.74) is -2.71. The molecule has 2 aliphatic carbocycles. The van der Waals surface area contributed by atoms with Crippen LogP contribution in [0, 0.1) is 11.8 Å². The van der Waals surface area contributed by atoms with Crippen molar-refractivity contribution in [3.63, 3.8) is 0 Å². The maximum absolute atomic E-state index is 15.7. The minimum absolute atomic E-state index is 0.173. The van der Waals surface area contributed by atoms with Crippen LogP contribution < -0.4 is 4.90 Å². The SMILES string of the molecule is O=C(OC1=C(OC(=O)c2ccccc2)[C@@]2(c3ccccc3)C(=O)[C@]1(c1ccccc1)[C@H]1C(=O)N(c3ccccc3)C(=O)[C@@H]12)c1ccccc1. The van der Waals surface area contributed by atoms with E-state index in [0.717, 1.165) is 4.90 Å². The molecule has 5 aromatic rings. The molecular formula is C41H27NO7. The molecular weight excluding hydrogens is 618 g/mol. The predicted octanol–water partition coefficient (Wildman–Crippen LogP) is 6.19. The number of hydrogen-bond acceptors (Lipinski definition) is 7. The first-order valence-corrected chi connectivity index (χ1v) is 15.8. The van der Waals surface area contributed by atoms with Gasteiger partial charge in [-0.1, -0.05) is 115 Å². The number of rotatable bonds is 7. The van der Waals surface area contributed by atoms with Crippen molar-refractivity contribution in [3.8, 4) is 0 Å². The molecule has 238 valence electrons. The van der Waals surface area contributed by atoms with E-state index in [1.165, 1.54) is 0 Å². The summed E-state index contributed by atoms with van der Waals surface area (Å²) in [6, 6.07) is 41.8. The number of Topliss-reactive ketones (excluding diaryl/α,β-unsaturated/α-hetero) is 1. The number of para-hydroxylation sites is 1. The molecule has 3 aliphatic rings. The molecule has 49 heavy (non-hydrogen) atoms. The summed E-state index contributed by atoms with van der Waals surface area (Å²) in [6.07, 6.45) is 0. The van der Waals surface area contributed by atoms with Gasteiger partial charge in [0, 0.05) is 0 Å². The van der Waals surface area contributed by atoms with Gasteiger partial charge in [-0.15, -0.1) is 0 Å². The largest absolute Gasteiger partial charge is 0.422 e. The van der Waals surface area contributed by atoms with Gasteiger partial charge in [0.25, 0.3) is 0 Å². The molecule has 2 fully saturated rings. The van der Waals surface area contributed by atoms with E-state index in [9.17, 15) is 19.2 Å². The monoisotopic (exact) mass is 645 g/mol. The number of hydrogen-bond donors (Lipinski definition) is 0. The van der Waals surface area contributed by atoms with Gasteiger partial charge in [-0.25, -0.2) is 14.5 Å². The lowest BCUT2D eigenvalue weighted by Crippen LogP contribution is -2.46. The summed E-state index contributed by atoms with van der Waals surface area (Å²) in [4.78, 5) is 74.3. The van der Waals surface area contributed by atoms with Crippen LogP contribution in [0.2, 0.25) is 0 Å². The number of ketones is 1. The summed E-state index contributed by atoms with van der Waals surface area (Å²) >= 11 is 0. The standard InChI is InChI=1S/C41H27NO7/c43-35-31-32(36(44)42(35)30-24-14-5-15-25-30)41(29-22-12-4-13-23-29)34(49-38(46)27-18-8-2-9-19-27)33(48-37(45)26-16-6-1-7-17-26)40(31,39(41)47)28-20-10-3-11-21-28/h1-25,31-32H/t31-,32-,40-,41+/m1/s1. The van der Waals surface area contributed by atoms with Gasteiger partial charge < -0.3 is 9.47 Å². The molecule has 8 heteroatoms. The molecule has 8 rings (SSSR count). The molecule has 1 aliphatic heterocycles. The van der Waals surface area contributed by atoms with Crippen molar-refractivity contribution in [2.45, 2.75) is 10.8 Å². The third kappa shape index (κ3) is 4.13. The molecule has 1 heterocycles. The molecule has 2 bridgehead atoms. The van der Waals surface area contributed by atoms with Crippen LogP contribution in [-0.4, -0.2) is 29.5 Å². The Labute approximate surface area is 281 Å². The Balaban J connectivity index is 1.46. The second-order valence-corrected chi connectivity index (χ2v) is 12.1. The first-order valence-electron chi connectivity index (χ1n) is 15.8. The number of anilines is 1. The fraction of sp³-hybridized carbons (Fsp3) is 0.0976. The number of benzene rings is 5. The molecule has 2 amide bonds. The van der Waals surface area contributed by atoms with E-state index in [4.69, 9.17) is 9.47 Å². The number of imide groups is 1. The van der Waals surface area contributed by atoms with Crippen molar-refractivity contribution < 1.29 is 33.4 Å². The number of esters is 2. The summed E-state index contributed by atoms with van der Waals surface area (Å²) in [5, 5.41) is 0. The van der Waals surface area contributed by atoms with Crippen LogP contribution in [0.4, 0.5) is 5.69 Å². The Morgan fingerprint density at radius 2 is 0.796 bits per heavy atom. The van der Waals surface area contributed by atoms with Gasteiger partial charge in [-0.05, 0) is 47.5 Å². The first kappa shape index (κ1) is 30.0. The molecule has 0 N–H and O–H groups in total. The molecule has 0 radical (unpaired) electrons. The Kier molecular flexibility index (Phi) is 6.96. The van der Waals surface area contributed by atoms with Gasteiger partial charge >= 0.3 is 11.9 Å². The number of carbonyl (C=O) groups excluding carboxylic acids is 5. The maximum Gasteiger partial charge on any atom is 0.343 e. The third-order valence-electron chi connectivity index (χ3n) is 9.76. The number of allylic oxidation sites excluding steroid dienone is 2. The fourth-order valence-corrected chi connectivity index (χ4v) is 7.81. The maximum atomic E-state index is 15.7. The minimum Gasteiger partial charge on any atom is -0.422 e. The van der Waals surface area contributed by atoms with E-state index in [0.29, 0.717) is 16.8 Å². The summed E-state index contributed by atoms with van der Waals surface area (Å²) < 4.78 is 12.5. The van der Waals surface area contributed by atoms with Gasteiger partial charge in [0.2, 0.25) is 11.8 Å². The van der Waals surface area contributed by atoms with Gasteiger partial charge in [-0.2, -0.15) is 0 Å². The van der Waals surface area contributed by atoms with Crippen LogP contribution in [0.1, 0.15) is 31.8 Å². The Bertz CT molecular complexity index is 2030. The van der Waals surface area contributed by atoms with Crippen molar-refractivity contribution in [1.29, 1.82) is 0 Å². The zero-order valence-corrected chi connectivity index (χ0v) is 25.9. The normalized spacial score (nSPS) is 23.8. The lowest BCUT2D eigenvalue weighted by Gasteiger charge is -2.36. The highest BCUT2D eigenvalue weighted by Crippen LogP contribution is 2.71. The second-order valence-electron chi connectivity index (χ2n) is 12.1. The lowest BCUT2D eigenvalue weighted by atomic mass is 9.65. The van der Waals surface area contributed by atoms with Crippen LogP contribution in [0.5, 0.6) is 0 Å². The Hall–Kier alpha value is -6.41. The zero-order chi connectivity index (χ0) is 33.8. The van der Waals surface area contributed by atoms with E-state index < -0.39 is 52.2 Å². The Morgan fingerprint density at radius 3 is 1.16 bits per heavy atom. The number of amides is 2. The molecule has 0 spiro atoms. The fourth-order valence-electron chi connectivity index (χ4n) is 7.81. The van der Waals surface area contributed by atoms with Crippen LogP contribution >= 0.6 is 0 Å². The lowest BCUT2D eigenvalue weighted by molar-refractivity contribution is -0.131. The number of ether oxygens (including phenoxy) is 2. The van der Waals surface area contributed by atoms with Gasteiger partial charge in [0.1, 0.15) is 10.8 Å². The summed E-state index contributed by atoms with van der Waals surface area (Å²) in [5.74, 6) is -6.75. The van der Waals surface area contributed by atoms with Gasteiger partial charge in [0.05, 0.1) is 28.7 Å². The molecule has 1 saturated heterocycles. The summed E-state index contributed by atoms with van der Waals surface area (Å²) in [7, 11) is 0. The smallest absolute Gasteiger partial charge is 0.343 e. The van der Waals surface area contributed by atoms with Crippen LogP contribution in [0.15, 0.2) is 163 Å². The highest BCUT2D eigenvalue weighted by atomic mass is 16.6. The molecule has 0 unspecified atom stereocenters. The van der Waals surface area contributed by atoms with Gasteiger partial charge in [0.15, 0.2) is 17.3 Å². The summed E-state index contributed by atoms with van der Waals surface area (Å²) in [6.45, 7) is 0.